The lowest BCUT2D eigenvalue weighted by Crippen LogP contribution is -2.44. The van der Waals surface area contributed by atoms with Crippen LogP contribution in [0.3, 0.4) is 0 Å². The van der Waals surface area contributed by atoms with Gasteiger partial charge in [0.2, 0.25) is 5.91 Å². The zero-order chi connectivity index (χ0) is 28.1. The predicted molar refractivity (Wildman–Crippen MR) is 160 cm³/mol. The van der Waals surface area contributed by atoms with Crippen molar-refractivity contribution in [2.45, 2.75) is 51.2 Å². The molecule has 0 saturated carbocycles. The van der Waals surface area contributed by atoms with Crippen molar-refractivity contribution >= 4 is 34.2 Å². The van der Waals surface area contributed by atoms with E-state index in [9.17, 15) is 9.59 Å². The Balaban J connectivity index is 1.41. The number of benzene rings is 2. The van der Waals surface area contributed by atoms with Crippen molar-refractivity contribution in [2.75, 3.05) is 57.5 Å². The van der Waals surface area contributed by atoms with Crippen LogP contribution in [-0.2, 0) is 4.79 Å². The molecule has 212 valence electrons. The van der Waals surface area contributed by atoms with Crippen LogP contribution in [0, 0.1) is 5.92 Å². The first-order valence-corrected chi connectivity index (χ1v) is 14.6. The molecule has 9 nitrogen and oxygen atoms in total. The summed E-state index contributed by atoms with van der Waals surface area (Å²) in [5.41, 5.74) is 5.06. The minimum atomic E-state index is -0.417. The molecular weight excluding hydrogens is 502 g/mol. The molecule has 0 radical (unpaired) electrons. The molecule has 40 heavy (non-hydrogen) atoms. The molecule has 9 heteroatoms. The normalized spacial score (nSPS) is 21.9. The van der Waals surface area contributed by atoms with Gasteiger partial charge < -0.3 is 29.9 Å². The van der Waals surface area contributed by atoms with E-state index in [1.54, 1.807) is 0 Å². The van der Waals surface area contributed by atoms with Crippen molar-refractivity contribution in [3.8, 4) is 11.4 Å². The number of amides is 2. The Morgan fingerprint density at radius 1 is 1.10 bits per heavy atom. The number of anilines is 2. The molecule has 2 amide bonds. The van der Waals surface area contributed by atoms with Gasteiger partial charge in [-0.1, -0.05) is 13.8 Å². The van der Waals surface area contributed by atoms with Crippen molar-refractivity contribution in [3.05, 3.63) is 42.0 Å². The summed E-state index contributed by atoms with van der Waals surface area (Å²) in [4.78, 5) is 38.8. The van der Waals surface area contributed by atoms with Gasteiger partial charge in [0.05, 0.1) is 16.7 Å². The molecule has 2 unspecified atom stereocenters. The summed E-state index contributed by atoms with van der Waals surface area (Å²) in [7, 11) is 6.06. The first-order chi connectivity index (χ1) is 19.2. The molecule has 3 aliphatic heterocycles. The number of likely N-dealkylation sites (N-methyl/N-ethyl adjacent to an activating group) is 1. The number of piperidine rings is 1. The lowest BCUT2D eigenvalue weighted by molar-refractivity contribution is -0.120. The molecule has 0 bridgehead atoms. The lowest BCUT2D eigenvalue weighted by Gasteiger charge is -2.35. The third-order valence-corrected chi connectivity index (χ3v) is 9.13. The van der Waals surface area contributed by atoms with E-state index >= 15 is 0 Å². The van der Waals surface area contributed by atoms with Crippen LogP contribution in [0.5, 0.6) is 0 Å². The van der Waals surface area contributed by atoms with Crippen molar-refractivity contribution in [2.24, 2.45) is 5.92 Å². The summed E-state index contributed by atoms with van der Waals surface area (Å²) < 4.78 is 2.08. The monoisotopic (exact) mass is 543 g/mol. The molecule has 6 rings (SSSR count). The van der Waals surface area contributed by atoms with Crippen molar-refractivity contribution in [3.63, 3.8) is 0 Å². The Labute approximate surface area is 236 Å². The van der Waals surface area contributed by atoms with E-state index in [1.807, 2.05) is 43.3 Å². The zero-order valence-electron chi connectivity index (χ0n) is 24.3. The van der Waals surface area contributed by atoms with Gasteiger partial charge in [-0.3, -0.25) is 9.59 Å². The van der Waals surface area contributed by atoms with Crippen LogP contribution < -0.4 is 15.5 Å². The number of carbonyl (C=O) groups excluding carboxylic acids is 2. The van der Waals surface area contributed by atoms with Crippen LogP contribution in [0.1, 0.15) is 49.5 Å². The van der Waals surface area contributed by atoms with Crippen molar-refractivity contribution in [1.82, 2.24) is 24.7 Å². The van der Waals surface area contributed by atoms with Crippen LogP contribution >= 0.6 is 0 Å². The maximum atomic E-state index is 13.6. The molecule has 2 N–H and O–H groups in total. The number of fused-ring (bicyclic) bond motifs is 5. The second-order valence-corrected chi connectivity index (χ2v) is 12.1. The molecule has 3 aliphatic rings. The SMILES string of the molecule is CNC1CCN(c2ccc3c(c2)-c2nc4cc(C(=O)N(C)C5CCN(C)CC5)ccc4n2C(C(C)C)C(=O)N3)C1. The summed E-state index contributed by atoms with van der Waals surface area (Å²) >= 11 is 0. The second kappa shape index (κ2) is 10.5. The second-order valence-electron chi connectivity index (χ2n) is 12.1. The van der Waals surface area contributed by atoms with Crippen LogP contribution in [-0.4, -0.2) is 90.6 Å². The summed E-state index contributed by atoms with van der Waals surface area (Å²) in [6.07, 6.45) is 3.06. The van der Waals surface area contributed by atoms with E-state index in [0.29, 0.717) is 11.6 Å². The molecule has 2 fully saturated rings. The summed E-state index contributed by atoms with van der Waals surface area (Å²) in [5, 5.41) is 6.57. The quantitative estimate of drug-likeness (QED) is 0.509. The number of hydrogen-bond donors (Lipinski definition) is 2. The molecule has 1 aromatic heterocycles. The van der Waals surface area contributed by atoms with E-state index in [2.05, 4.69) is 58.0 Å². The number of imidazole rings is 1. The number of nitrogens with zero attached hydrogens (tertiary/aromatic N) is 5. The Bertz CT molecular complexity index is 1440. The third kappa shape index (κ3) is 4.65. The minimum Gasteiger partial charge on any atom is -0.370 e. The smallest absolute Gasteiger partial charge is 0.253 e. The van der Waals surface area contributed by atoms with E-state index in [-0.39, 0.29) is 23.8 Å². The molecule has 0 spiro atoms. The zero-order valence-corrected chi connectivity index (χ0v) is 24.3. The van der Waals surface area contributed by atoms with Gasteiger partial charge in [-0.2, -0.15) is 0 Å². The van der Waals surface area contributed by atoms with Gasteiger partial charge in [0.15, 0.2) is 0 Å². The predicted octanol–water partition coefficient (Wildman–Crippen LogP) is 3.82. The number of hydrogen-bond acceptors (Lipinski definition) is 6. The fourth-order valence-electron chi connectivity index (χ4n) is 6.63. The maximum Gasteiger partial charge on any atom is 0.253 e. The van der Waals surface area contributed by atoms with Gasteiger partial charge in [0.25, 0.3) is 5.91 Å². The van der Waals surface area contributed by atoms with E-state index in [1.165, 1.54) is 0 Å². The fraction of sp³-hybridized carbons (Fsp3) is 0.516. The van der Waals surface area contributed by atoms with Crippen molar-refractivity contribution < 1.29 is 9.59 Å². The molecule has 0 aliphatic carbocycles. The van der Waals surface area contributed by atoms with Gasteiger partial charge >= 0.3 is 0 Å². The first kappa shape index (κ1) is 26.8. The van der Waals surface area contributed by atoms with Gasteiger partial charge in [-0.05, 0) is 88.8 Å². The molecule has 4 heterocycles. The van der Waals surface area contributed by atoms with E-state index < -0.39 is 6.04 Å². The number of aromatic nitrogens is 2. The Morgan fingerprint density at radius 3 is 2.58 bits per heavy atom. The number of rotatable bonds is 5. The highest BCUT2D eigenvalue weighted by Crippen LogP contribution is 2.41. The molecular formula is C31H41N7O2. The van der Waals surface area contributed by atoms with Crippen LogP contribution in [0.15, 0.2) is 36.4 Å². The number of carbonyl (C=O) groups is 2. The summed E-state index contributed by atoms with van der Waals surface area (Å²) in [6, 6.07) is 12.3. The fourth-order valence-corrected chi connectivity index (χ4v) is 6.63. The van der Waals surface area contributed by atoms with E-state index in [0.717, 1.165) is 79.2 Å². The summed E-state index contributed by atoms with van der Waals surface area (Å²) in [5.74, 6) is 0.799. The summed E-state index contributed by atoms with van der Waals surface area (Å²) in [6.45, 7) is 8.07. The van der Waals surface area contributed by atoms with Gasteiger partial charge in [0, 0.05) is 49.0 Å². The van der Waals surface area contributed by atoms with Gasteiger partial charge in [0.1, 0.15) is 11.9 Å². The average molecular weight is 544 g/mol. The largest absolute Gasteiger partial charge is 0.370 e. The average Bonchev–Trinajstić information content (AvgIpc) is 3.55. The molecule has 2 aromatic carbocycles. The number of nitrogens with one attached hydrogen (secondary N) is 2. The Hall–Kier alpha value is -3.43. The molecule has 2 saturated heterocycles. The highest BCUT2D eigenvalue weighted by Gasteiger charge is 2.34. The lowest BCUT2D eigenvalue weighted by atomic mass is 10.0. The topological polar surface area (TPSA) is 85.7 Å². The highest BCUT2D eigenvalue weighted by atomic mass is 16.2. The van der Waals surface area contributed by atoms with Gasteiger partial charge in [-0.15, -0.1) is 0 Å². The Kier molecular flexibility index (Phi) is 7.04. The first-order valence-electron chi connectivity index (χ1n) is 14.6. The standard InChI is InChI=1S/C31H41N7O2/c1-19(2)28-30(39)34-25-8-7-23(37-15-10-21(18-37)32-3)17-24(25)29-33-26-16-20(6-9-27(26)38(28)29)31(40)36(5)22-11-13-35(4)14-12-22/h6-9,16-17,19,21-22,28,32H,10-15,18H2,1-5H3,(H,34,39). The minimum absolute atomic E-state index is 0.0219. The molecule has 2 atom stereocenters. The maximum absolute atomic E-state index is 13.6. The highest BCUT2D eigenvalue weighted by molar-refractivity contribution is 6.03. The Morgan fingerprint density at radius 2 is 1.88 bits per heavy atom. The van der Waals surface area contributed by atoms with Crippen LogP contribution in [0.2, 0.25) is 0 Å². The van der Waals surface area contributed by atoms with Gasteiger partial charge in [-0.25, -0.2) is 4.98 Å². The third-order valence-electron chi connectivity index (χ3n) is 9.13. The van der Waals surface area contributed by atoms with Crippen LogP contribution in [0.25, 0.3) is 22.4 Å². The number of likely N-dealkylation sites (tertiary alicyclic amines) is 1. The van der Waals surface area contributed by atoms with Crippen LogP contribution in [0.4, 0.5) is 11.4 Å². The molecule has 3 aromatic rings. The van der Waals surface area contributed by atoms with E-state index in [4.69, 9.17) is 4.98 Å². The van der Waals surface area contributed by atoms with Crippen molar-refractivity contribution in [1.29, 1.82) is 0 Å².